The van der Waals surface area contributed by atoms with E-state index in [1.54, 1.807) is 23.5 Å². The lowest BCUT2D eigenvalue weighted by molar-refractivity contribution is 1.01. The van der Waals surface area contributed by atoms with Crippen molar-refractivity contribution in [2.24, 2.45) is 0 Å². The molecule has 1 aromatic heterocycles. The number of hydrogen-bond donors (Lipinski definition) is 0. The maximum absolute atomic E-state index is 6.01. The molecule has 2 aromatic rings. The molecule has 2 heterocycles. The normalized spacial score (nSPS) is 13.1. The molecule has 3 rings (SSSR count). The number of nitrogens with zero attached hydrogens (tertiary/aromatic N) is 1. The molecule has 0 unspecified atom stereocenters. The molecule has 0 saturated heterocycles. The SMILES string of the molecule is Cc1cc2c(cc1C)Sc1nc(Cl)c(Cl)cc1S2. The summed E-state index contributed by atoms with van der Waals surface area (Å²) in [7, 11) is 0. The molecule has 92 valence electrons. The first-order chi connectivity index (χ1) is 8.54. The van der Waals surface area contributed by atoms with Crippen LogP contribution in [0.4, 0.5) is 0 Å². The third-order valence-electron chi connectivity index (χ3n) is 2.85. The van der Waals surface area contributed by atoms with E-state index in [4.69, 9.17) is 23.2 Å². The summed E-state index contributed by atoms with van der Waals surface area (Å²) in [6.45, 7) is 4.25. The highest BCUT2D eigenvalue weighted by Gasteiger charge is 2.20. The van der Waals surface area contributed by atoms with Gasteiger partial charge in [0, 0.05) is 14.7 Å². The van der Waals surface area contributed by atoms with Crippen molar-refractivity contribution in [3.05, 3.63) is 39.5 Å². The van der Waals surface area contributed by atoms with Gasteiger partial charge in [-0.1, -0.05) is 46.7 Å². The van der Waals surface area contributed by atoms with Crippen LogP contribution in [-0.4, -0.2) is 4.98 Å². The van der Waals surface area contributed by atoms with E-state index in [0.717, 1.165) is 9.92 Å². The molecular weight excluding hydrogens is 305 g/mol. The lowest BCUT2D eigenvalue weighted by Gasteiger charge is -2.19. The number of halogens is 2. The van der Waals surface area contributed by atoms with Crippen molar-refractivity contribution in [3.63, 3.8) is 0 Å². The van der Waals surface area contributed by atoms with Gasteiger partial charge < -0.3 is 0 Å². The second-order valence-electron chi connectivity index (χ2n) is 4.15. The number of pyridine rings is 1. The fraction of sp³-hybridized carbons (Fsp3) is 0.154. The van der Waals surface area contributed by atoms with E-state index in [2.05, 4.69) is 31.0 Å². The van der Waals surface area contributed by atoms with E-state index in [9.17, 15) is 0 Å². The van der Waals surface area contributed by atoms with Gasteiger partial charge in [-0.2, -0.15) is 0 Å². The van der Waals surface area contributed by atoms with Crippen LogP contribution in [0.5, 0.6) is 0 Å². The number of fused-ring (bicyclic) bond motifs is 2. The highest BCUT2D eigenvalue weighted by molar-refractivity contribution is 8.05. The Balaban J connectivity index is 2.12. The summed E-state index contributed by atoms with van der Waals surface area (Å²) in [4.78, 5) is 7.91. The molecule has 1 aliphatic rings. The molecule has 1 aliphatic heterocycles. The van der Waals surface area contributed by atoms with E-state index in [-0.39, 0.29) is 0 Å². The third-order valence-corrected chi connectivity index (χ3v) is 5.93. The summed E-state index contributed by atoms with van der Waals surface area (Å²) < 4.78 is 0. The first-order valence-corrected chi connectivity index (χ1v) is 7.76. The van der Waals surface area contributed by atoms with Gasteiger partial charge in [0.05, 0.1) is 5.02 Å². The number of hydrogen-bond acceptors (Lipinski definition) is 3. The zero-order valence-corrected chi connectivity index (χ0v) is 12.9. The van der Waals surface area contributed by atoms with E-state index in [0.29, 0.717) is 10.2 Å². The predicted octanol–water partition coefficient (Wildman–Crippen LogP) is 5.62. The Hall–Kier alpha value is -0.350. The Labute approximate surface area is 124 Å². The molecule has 0 atom stereocenters. The van der Waals surface area contributed by atoms with Crippen LogP contribution in [0.25, 0.3) is 0 Å². The van der Waals surface area contributed by atoms with Crippen LogP contribution in [0.2, 0.25) is 10.2 Å². The topological polar surface area (TPSA) is 12.9 Å². The molecule has 0 saturated carbocycles. The van der Waals surface area contributed by atoms with E-state index in [1.165, 1.54) is 20.9 Å². The van der Waals surface area contributed by atoms with Gasteiger partial charge in [0.15, 0.2) is 0 Å². The minimum atomic E-state index is 0.371. The first-order valence-electron chi connectivity index (χ1n) is 5.37. The average molecular weight is 314 g/mol. The Kier molecular flexibility index (Phi) is 3.27. The van der Waals surface area contributed by atoms with Crippen molar-refractivity contribution < 1.29 is 0 Å². The Morgan fingerprint density at radius 1 is 0.889 bits per heavy atom. The maximum atomic E-state index is 6.01. The molecule has 1 nitrogen and oxygen atoms in total. The predicted molar refractivity (Wildman–Crippen MR) is 78.4 cm³/mol. The summed E-state index contributed by atoms with van der Waals surface area (Å²) in [5, 5.41) is 1.82. The smallest absolute Gasteiger partial charge is 0.149 e. The zero-order chi connectivity index (χ0) is 12.9. The minimum Gasteiger partial charge on any atom is -0.227 e. The fourth-order valence-electron chi connectivity index (χ4n) is 1.73. The summed E-state index contributed by atoms with van der Waals surface area (Å²) in [6.07, 6.45) is 0. The largest absolute Gasteiger partial charge is 0.227 e. The van der Waals surface area contributed by atoms with Crippen LogP contribution in [-0.2, 0) is 0 Å². The Morgan fingerprint density at radius 3 is 2.17 bits per heavy atom. The second-order valence-corrected chi connectivity index (χ2v) is 7.03. The van der Waals surface area contributed by atoms with Crippen molar-refractivity contribution in [3.8, 4) is 0 Å². The van der Waals surface area contributed by atoms with Crippen LogP contribution in [0.15, 0.2) is 37.9 Å². The van der Waals surface area contributed by atoms with Crippen LogP contribution < -0.4 is 0 Å². The van der Waals surface area contributed by atoms with E-state index >= 15 is 0 Å². The Bertz CT molecular complexity index is 544. The van der Waals surface area contributed by atoms with Gasteiger partial charge in [0.2, 0.25) is 0 Å². The fourth-order valence-corrected chi connectivity index (χ4v) is 4.47. The molecule has 18 heavy (non-hydrogen) atoms. The molecule has 0 N–H and O–H groups in total. The lowest BCUT2D eigenvalue weighted by Crippen LogP contribution is -1.95. The molecule has 0 spiro atoms. The van der Waals surface area contributed by atoms with Crippen LogP contribution in [0.1, 0.15) is 11.1 Å². The summed E-state index contributed by atoms with van der Waals surface area (Å²) in [5.41, 5.74) is 2.60. The van der Waals surface area contributed by atoms with Crippen LogP contribution in [0.3, 0.4) is 0 Å². The van der Waals surface area contributed by atoms with Gasteiger partial charge in [-0.25, -0.2) is 4.98 Å². The van der Waals surface area contributed by atoms with Gasteiger partial charge in [-0.05, 0) is 43.2 Å². The van der Waals surface area contributed by atoms with E-state index < -0.39 is 0 Å². The minimum absolute atomic E-state index is 0.371. The molecule has 0 radical (unpaired) electrons. The standard InChI is InChI=1S/C13H9Cl2NS2/c1-6-3-9-10(4-7(6)2)18-13-11(17-9)5-8(14)12(15)16-13/h3-5H,1-2H3. The lowest BCUT2D eigenvalue weighted by atomic mass is 10.1. The molecule has 0 bridgehead atoms. The zero-order valence-electron chi connectivity index (χ0n) is 9.75. The summed E-state index contributed by atoms with van der Waals surface area (Å²) >= 11 is 15.3. The summed E-state index contributed by atoms with van der Waals surface area (Å²) in [5.74, 6) is 0. The van der Waals surface area contributed by atoms with Crippen molar-refractivity contribution in [1.29, 1.82) is 0 Å². The molecular formula is C13H9Cl2NS2. The van der Waals surface area contributed by atoms with Crippen molar-refractivity contribution in [1.82, 2.24) is 4.98 Å². The Morgan fingerprint density at radius 2 is 1.50 bits per heavy atom. The third kappa shape index (κ3) is 2.14. The number of aryl methyl sites for hydroxylation is 2. The van der Waals surface area contributed by atoms with Crippen molar-refractivity contribution in [2.45, 2.75) is 33.6 Å². The maximum Gasteiger partial charge on any atom is 0.149 e. The number of benzene rings is 1. The van der Waals surface area contributed by atoms with Crippen LogP contribution >= 0.6 is 46.7 Å². The molecule has 0 aliphatic carbocycles. The highest BCUT2D eigenvalue weighted by Crippen LogP contribution is 2.49. The van der Waals surface area contributed by atoms with Gasteiger partial charge in [0.25, 0.3) is 0 Å². The van der Waals surface area contributed by atoms with E-state index in [1.807, 2.05) is 6.07 Å². The molecule has 1 aromatic carbocycles. The summed E-state index contributed by atoms with van der Waals surface area (Å²) in [6, 6.07) is 6.31. The van der Waals surface area contributed by atoms with Crippen molar-refractivity contribution >= 4 is 46.7 Å². The quantitative estimate of drug-likeness (QED) is 0.500. The average Bonchev–Trinajstić information content (AvgIpc) is 2.31. The molecule has 0 fully saturated rings. The molecule has 5 heteroatoms. The highest BCUT2D eigenvalue weighted by atomic mass is 35.5. The van der Waals surface area contributed by atoms with Gasteiger partial charge in [-0.3, -0.25) is 0 Å². The number of aromatic nitrogens is 1. The first kappa shape index (κ1) is 12.7. The van der Waals surface area contributed by atoms with Gasteiger partial charge >= 0.3 is 0 Å². The second kappa shape index (κ2) is 4.64. The number of rotatable bonds is 0. The van der Waals surface area contributed by atoms with Gasteiger partial charge in [0.1, 0.15) is 10.2 Å². The monoisotopic (exact) mass is 313 g/mol. The van der Waals surface area contributed by atoms with Crippen LogP contribution in [0, 0.1) is 13.8 Å². The van der Waals surface area contributed by atoms with Gasteiger partial charge in [-0.15, -0.1) is 0 Å². The van der Waals surface area contributed by atoms with Crippen molar-refractivity contribution in [2.75, 3.05) is 0 Å². The molecule has 0 amide bonds.